The van der Waals surface area contributed by atoms with Gasteiger partial charge in [0, 0.05) is 15.1 Å². The summed E-state index contributed by atoms with van der Waals surface area (Å²) in [5.74, 6) is -0.254. The molecule has 0 aliphatic rings. The molecule has 22 heavy (non-hydrogen) atoms. The molecule has 0 atom stereocenters. The summed E-state index contributed by atoms with van der Waals surface area (Å²) in [5.41, 5.74) is 2.95. The Bertz CT molecular complexity index is 721. The molecule has 0 saturated heterocycles. The van der Waals surface area contributed by atoms with Crippen molar-refractivity contribution in [3.8, 4) is 11.5 Å². The molecule has 0 aliphatic heterocycles. The molecule has 0 unspecified atom stereocenters. The molecule has 2 rings (SSSR count). The van der Waals surface area contributed by atoms with E-state index in [1.807, 2.05) is 0 Å². The minimum Gasteiger partial charge on any atom is -0.504 e. The summed E-state index contributed by atoms with van der Waals surface area (Å²) in [6.45, 7) is 0. The van der Waals surface area contributed by atoms with Crippen LogP contribution in [-0.4, -0.2) is 29.3 Å². The van der Waals surface area contributed by atoms with Crippen molar-refractivity contribution >= 4 is 44.0 Å². The molecule has 1 heterocycles. The highest BCUT2D eigenvalue weighted by Gasteiger charge is 2.14. The smallest absolute Gasteiger partial charge is 0.289 e. The lowest BCUT2D eigenvalue weighted by molar-refractivity contribution is 0.0950. The van der Waals surface area contributed by atoms with E-state index in [0.717, 1.165) is 0 Å². The number of ether oxygens (including phenoxy) is 1. The van der Waals surface area contributed by atoms with E-state index in [1.165, 1.54) is 19.5 Å². The van der Waals surface area contributed by atoms with Gasteiger partial charge in [0.2, 0.25) is 0 Å². The Morgan fingerprint density at radius 1 is 1.45 bits per heavy atom. The van der Waals surface area contributed by atoms with Gasteiger partial charge in [0.15, 0.2) is 11.5 Å². The molecule has 0 saturated carbocycles. The Hall–Kier alpha value is -1.93. The number of phenolic OH excluding ortho intramolecular Hbond substituents is 1. The van der Waals surface area contributed by atoms with Crippen molar-refractivity contribution in [2.24, 2.45) is 5.10 Å². The minimum atomic E-state index is -0.450. The molecule has 2 N–H and O–H groups in total. The van der Waals surface area contributed by atoms with Gasteiger partial charge in [-0.15, -0.1) is 0 Å². The summed E-state index contributed by atoms with van der Waals surface area (Å²) in [6.07, 6.45) is 2.83. The molecule has 1 aromatic carbocycles. The lowest BCUT2D eigenvalue weighted by atomic mass is 10.2. The van der Waals surface area contributed by atoms with Crippen molar-refractivity contribution < 1.29 is 14.6 Å². The Balaban J connectivity index is 2.20. The number of rotatable bonds is 4. The molecule has 0 aliphatic carbocycles. The second-order valence-electron chi connectivity index (χ2n) is 4.05. The summed E-state index contributed by atoms with van der Waals surface area (Å²) in [5, 5.41) is 13.9. The number of aromatic nitrogens is 1. The van der Waals surface area contributed by atoms with Crippen LogP contribution in [0.25, 0.3) is 0 Å². The van der Waals surface area contributed by atoms with Gasteiger partial charge in [-0.05, 0) is 50.1 Å². The predicted molar refractivity (Wildman–Crippen MR) is 89.4 cm³/mol. The number of phenols is 1. The number of benzene rings is 1. The van der Waals surface area contributed by atoms with Crippen LogP contribution in [0, 0.1) is 0 Å². The van der Waals surface area contributed by atoms with E-state index in [4.69, 9.17) is 4.74 Å². The van der Waals surface area contributed by atoms with E-state index < -0.39 is 5.91 Å². The van der Waals surface area contributed by atoms with Crippen LogP contribution >= 0.6 is 31.9 Å². The lowest BCUT2D eigenvalue weighted by Crippen LogP contribution is -2.18. The Morgan fingerprint density at radius 3 is 2.86 bits per heavy atom. The number of hydrogen-bond acceptors (Lipinski definition) is 5. The van der Waals surface area contributed by atoms with Crippen molar-refractivity contribution in [1.82, 2.24) is 10.4 Å². The average Bonchev–Trinajstić information content (AvgIpc) is 2.54. The molecule has 1 aromatic heterocycles. The molecule has 6 nitrogen and oxygen atoms in total. The third-order valence-corrected chi connectivity index (χ3v) is 4.68. The second kappa shape index (κ2) is 7.37. The van der Waals surface area contributed by atoms with Crippen molar-refractivity contribution in [2.75, 3.05) is 7.11 Å². The highest BCUT2D eigenvalue weighted by molar-refractivity contribution is 9.13. The van der Waals surface area contributed by atoms with Crippen LogP contribution in [0.1, 0.15) is 16.1 Å². The van der Waals surface area contributed by atoms with E-state index in [9.17, 15) is 9.90 Å². The van der Waals surface area contributed by atoms with Gasteiger partial charge < -0.3 is 9.84 Å². The Kier molecular flexibility index (Phi) is 5.51. The van der Waals surface area contributed by atoms with Gasteiger partial charge in [0.1, 0.15) is 5.69 Å². The number of halogens is 2. The summed E-state index contributed by atoms with van der Waals surface area (Å²) in [4.78, 5) is 15.7. The maximum absolute atomic E-state index is 11.8. The highest BCUT2D eigenvalue weighted by atomic mass is 79.9. The normalized spacial score (nSPS) is 10.7. The molecule has 0 radical (unpaired) electrons. The van der Waals surface area contributed by atoms with Gasteiger partial charge in [-0.2, -0.15) is 5.10 Å². The Labute approximate surface area is 143 Å². The van der Waals surface area contributed by atoms with E-state index in [0.29, 0.717) is 14.5 Å². The molecular formula is C14H11Br2N3O3. The van der Waals surface area contributed by atoms with E-state index in [2.05, 4.69) is 47.4 Å². The fourth-order valence-corrected chi connectivity index (χ4v) is 2.42. The van der Waals surface area contributed by atoms with E-state index in [-0.39, 0.29) is 17.2 Å². The van der Waals surface area contributed by atoms with Gasteiger partial charge >= 0.3 is 0 Å². The number of aromatic hydroxyl groups is 1. The number of hydrazone groups is 1. The molecule has 1 amide bonds. The van der Waals surface area contributed by atoms with Gasteiger partial charge in [-0.25, -0.2) is 5.43 Å². The molecule has 0 spiro atoms. The molecule has 0 fully saturated rings. The van der Waals surface area contributed by atoms with Crippen molar-refractivity contribution in [2.45, 2.75) is 0 Å². The zero-order chi connectivity index (χ0) is 16.1. The number of amides is 1. The first-order valence-corrected chi connectivity index (χ1v) is 7.62. The van der Waals surface area contributed by atoms with Gasteiger partial charge in [-0.1, -0.05) is 6.07 Å². The van der Waals surface area contributed by atoms with Crippen LogP contribution in [0.15, 0.2) is 44.5 Å². The summed E-state index contributed by atoms with van der Waals surface area (Å²) < 4.78 is 6.32. The number of carbonyl (C=O) groups is 1. The van der Waals surface area contributed by atoms with Crippen molar-refractivity contribution in [1.29, 1.82) is 0 Å². The first-order chi connectivity index (χ1) is 10.5. The van der Waals surface area contributed by atoms with Crippen LogP contribution in [0.4, 0.5) is 0 Å². The highest BCUT2D eigenvalue weighted by Crippen LogP contribution is 2.39. The molecule has 0 bridgehead atoms. The van der Waals surface area contributed by atoms with Crippen molar-refractivity contribution in [3.05, 3.63) is 50.7 Å². The number of hydrogen-bond donors (Lipinski definition) is 2. The minimum absolute atomic E-state index is 0.0894. The largest absolute Gasteiger partial charge is 0.504 e. The number of nitrogens with zero attached hydrogens (tertiary/aromatic N) is 2. The average molecular weight is 429 g/mol. The first-order valence-electron chi connectivity index (χ1n) is 6.04. The Morgan fingerprint density at radius 2 is 2.23 bits per heavy atom. The van der Waals surface area contributed by atoms with Gasteiger partial charge in [-0.3, -0.25) is 9.78 Å². The predicted octanol–water partition coefficient (Wildman–Crippen LogP) is 3.08. The molecular weight excluding hydrogens is 418 g/mol. The van der Waals surface area contributed by atoms with E-state index in [1.54, 1.807) is 24.3 Å². The number of methoxy groups -OCH3 is 1. The summed E-state index contributed by atoms with van der Waals surface area (Å²) >= 11 is 6.66. The quantitative estimate of drug-likeness (QED) is 0.578. The monoisotopic (exact) mass is 427 g/mol. The van der Waals surface area contributed by atoms with Crippen LogP contribution in [0.2, 0.25) is 0 Å². The van der Waals surface area contributed by atoms with Crippen LogP contribution in [-0.2, 0) is 0 Å². The fourth-order valence-electron chi connectivity index (χ4n) is 1.60. The zero-order valence-corrected chi connectivity index (χ0v) is 14.6. The standard InChI is InChI=1S/C14H11Br2N3O3/c1-22-11-6-9(15)12(16)8(13(11)20)7-18-19-14(21)10-4-2-3-5-17-10/h2-7,20H,1H3,(H,19,21). The second-order valence-corrected chi connectivity index (χ2v) is 5.70. The van der Waals surface area contributed by atoms with Crippen LogP contribution < -0.4 is 10.2 Å². The maximum atomic E-state index is 11.8. The van der Waals surface area contributed by atoms with Crippen molar-refractivity contribution in [3.63, 3.8) is 0 Å². The van der Waals surface area contributed by atoms with Gasteiger partial charge in [0.05, 0.1) is 18.9 Å². The van der Waals surface area contributed by atoms with Crippen LogP contribution in [0.5, 0.6) is 11.5 Å². The van der Waals surface area contributed by atoms with Gasteiger partial charge in [0.25, 0.3) is 5.91 Å². The number of nitrogens with one attached hydrogen (secondary N) is 1. The number of carbonyl (C=O) groups excluding carboxylic acids is 1. The SMILES string of the molecule is COc1cc(Br)c(Br)c(C=NNC(=O)c2ccccn2)c1O. The fraction of sp³-hybridized carbons (Fsp3) is 0.0714. The molecule has 8 heteroatoms. The maximum Gasteiger partial charge on any atom is 0.289 e. The number of pyridine rings is 1. The third-order valence-electron chi connectivity index (χ3n) is 2.67. The molecule has 2 aromatic rings. The lowest BCUT2D eigenvalue weighted by Gasteiger charge is -2.09. The molecule has 114 valence electrons. The van der Waals surface area contributed by atoms with E-state index >= 15 is 0 Å². The van der Waals surface area contributed by atoms with Crippen LogP contribution in [0.3, 0.4) is 0 Å². The summed E-state index contributed by atoms with van der Waals surface area (Å²) in [6, 6.07) is 6.60. The topological polar surface area (TPSA) is 83.8 Å². The summed E-state index contributed by atoms with van der Waals surface area (Å²) in [7, 11) is 1.44. The zero-order valence-electron chi connectivity index (χ0n) is 11.4. The third kappa shape index (κ3) is 3.63. The first kappa shape index (κ1) is 16.4.